The highest BCUT2D eigenvalue weighted by Crippen LogP contribution is 2.50. The highest BCUT2D eigenvalue weighted by molar-refractivity contribution is 7.98. The molecule has 0 unspecified atom stereocenters. The Labute approximate surface area is 752 Å². The highest BCUT2D eigenvalue weighted by atomic mass is 32.2. The number of para-hydroxylation sites is 4. The van der Waals surface area contributed by atoms with E-state index in [4.69, 9.17) is 73.0 Å². The summed E-state index contributed by atoms with van der Waals surface area (Å²) >= 11 is 11.0. The van der Waals surface area contributed by atoms with Crippen LogP contribution in [-0.2, 0) is 38.0 Å². The number of alkyl halides is 2. The molecule has 12 aromatic rings. The van der Waals surface area contributed by atoms with Crippen LogP contribution in [0.1, 0.15) is 104 Å². The van der Waals surface area contributed by atoms with E-state index in [2.05, 4.69) is 71.6 Å². The summed E-state index contributed by atoms with van der Waals surface area (Å²) in [4.78, 5) is 68.6. The fraction of sp³-hybridized carbons (Fsp3) is 0.489. The molecule has 0 spiro atoms. The highest BCUT2D eigenvalue weighted by Gasteiger charge is 2.57. The van der Waals surface area contributed by atoms with Gasteiger partial charge in [-0.05, 0) is 175 Å². The zero-order chi connectivity index (χ0) is 88.1. The number of carbonyl (C=O) groups excluding carboxylic acids is 1. The minimum Gasteiger partial charge on any atom is -0.396 e. The van der Waals surface area contributed by atoms with Crippen molar-refractivity contribution in [1.82, 2.24) is 59.8 Å². The molecule has 0 bridgehead atoms. The molecule has 19 rings (SSSR count). The van der Waals surface area contributed by atoms with E-state index in [1.165, 1.54) is 34.9 Å². The fourth-order valence-corrected chi connectivity index (χ4v) is 23.0. The molecule has 125 heavy (non-hydrogen) atoms. The third-order valence-electron chi connectivity index (χ3n) is 23.2. The van der Waals surface area contributed by atoms with Crippen LogP contribution in [0.4, 0.5) is 38.0 Å². The first-order valence-electron chi connectivity index (χ1n) is 41.8. The summed E-state index contributed by atoms with van der Waals surface area (Å²) in [5.74, 6) is 0.0256. The molecular weight excluding hydrogens is 1730 g/mol. The third kappa shape index (κ3) is 19.5. The Balaban J connectivity index is 0.000000123. The van der Waals surface area contributed by atoms with Gasteiger partial charge < -0.3 is 79.9 Å². The van der Waals surface area contributed by atoms with Crippen LogP contribution in [0.15, 0.2) is 113 Å². The average molecular weight is 1840 g/mol. The monoisotopic (exact) mass is 1840 g/mol. The van der Waals surface area contributed by atoms with Crippen molar-refractivity contribution in [3.8, 4) is 42.3 Å². The lowest BCUT2D eigenvalue weighted by molar-refractivity contribution is -0.158. The number of fused-ring (bicyclic) bond motifs is 7. The van der Waals surface area contributed by atoms with Crippen LogP contribution in [0.2, 0.25) is 0 Å². The van der Waals surface area contributed by atoms with E-state index in [0.29, 0.717) is 70.4 Å². The van der Waals surface area contributed by atoms with E-state index in [9.17, 15) is 28.9 Å². The van der Waals surface area contributed by atoms with E-state index in [1.807, 2.05) is 174 Å². The molecule has 3 saturated heterocycles. The fourth-order valence-electron chi connectivity index (χ4n) is 17.5. The number of nitrogens with one attached hydrogen (secondary N) is 5. The van der Waals surface area contributed by atoms with Gasteiger partial charge in [0.25, 0.3) is 0 Å². The van der Waals surface area contributed by atoms with Gasteiger partial charge in [-0.1, -0.05) is 90.7 Å². The van der Waals surface area contributed by atoms with E-state index in [1.54, 1.807) is 45.8 Å². The predicted molar refractivity (Wildman–Crippen MR) is 492 cm³/mol. The number of carbonyl (C=O) groups is 1. The normalized spacial score (nSPS) is 26.0. The van der Waals surface area contributed by atoms with Crippen molar-refractivity contribution in [2.75, 3.05) is 71.7 Å². The SMILES string of the molecule is CCOCCNc1nc(C)c(-c2nc3ccccc3s2)c(N[C@@H]2C[C@H](C(F)F)[C@@H](O)[C@H]2O)n1.CSc1nc(C)c(-c2nc3ccccc3s2)c(N[C@@H]2C[C@H](C)[C@H]3OC(C)(C)O[C@H]32)n1.CSc1nc(C)c(-c2nc3ccccc3s2)c(N[C@@H]2C[C@H](C=O)[C@H]3OC(C)(C)O[C@H]32)n1.CSc1nc(C)c(-c2nc3ccccc3s2)c(N[C@@H]2C[C@H](CO)[C@H]3OC(C)(C)O[C@H]32)n1. The van der Waals surface area contributed by atoms with Crippen LogP contribution in [0.25, 0.3) is 83.2 Å². The summed E-state index contributed by atoms with van der Waals surface area (Å²) in [6.07, 6.45) is 2.94. The van der Waals surface area contributed by atoms with E-state index in [0.717, 1.165) is 131 Å². The second kappa shape index (κ2) is 37.9. The molecule has 3 aliphatic heterocycles. The number of hydrogen-bond donors (Lipinski definition) is 8. The Morgan fingerprint density at radius 2 is 0.832 bits per heavy atom. The molecule has 662 valence electrons. The number of hydrogen-bond acceptors (Lipinski definition) is 35. The Morgan fingerprint density at radius 3 is 1.22 bits per heavy atom. The van der Waals surface area contributed by atoms with Crippen molar-refractivity contribution < 1.29 is 62.1 Å². The Bertz CT molecular complexity index is 5740. The second-order valence-corrected chi connectivity index (χ2v) is 39.8. The number of ether oxygens (including phenoxy) is 7. The second-order valence-electron chi connectivity index (χ2n) is 33.3. The maximum absolute atomic E-state index is 13.3. The van der Waals surface area contributed by atoms with Gasteiger partial charge in [-0.15, -0.1) is 45.3 Å². The number of halogens is 2. The lowest BCUT2D eigenvalue weighted by Crippen LogP contribution is -2.36. The Hall–Kier alpha value is -8.06. The van der Waals surface area contributed by atoms with Gasteiger partial charge in [0.2, 0.25) is 12.4 Å². The number of aryl methyl sites for hydroxylation is 4. The first-order chi connectivity index (χ1) is 60.0. The molecular formula is C88H103F2N17O11S7. The summed E-state index contributed by atoms with van der Waals surface area (Å²) in [6.45, 7) is 25.2. The van der Waals surface area contributed by atoms with E-state index < -0.39 is 48.0 Å². The van der Waals surface area contributed by atoms with Crippen LogP contribution >= 0.6 is 80.6 Å². The minimum atomic E-state index is -2.73. The quantitative estimate of drug-likeness (QED) is 0.0128. The molecule has 7 fully saturated rings. The topological polar surface area (TPSA) is 357 Å². The maximum atomic E-state index is 13.3. The number of benzene rings is 4. The van der Waals surface area contributed by atoms with Gasteiger partial charge in [-0.25, -0.2) is 63.6 Å². The summed E-state index contributed by atoms with van der Waals surface area (Å²) in [7, 11) is 0. The molecule has 8 N–H and O–H groups in total. The standard InChI is InChI=1S/C22H27F2N5O3S.C22H26N4O3S2.C22H24N4O3S2.C22H26N4O2S2/c1-3-32-9-8-25-22-26-11(2)16(21-28-13-6-4-5-7-15(13)33-21)20(29-22)27-14-10-12(19(23)24)17(30)18(14)31;2*1-11-16(20-25-13-7-5-6-8-15(13)31-20)19(26-21(23-11)30-4)24-14-9-12(10-27)17-18(14)29-22(2,3)28-17;1-11-10-14(18-17(11)27-22(3,4)28-18)24-19-16(12(2)23-21(26-19)29-5)20-25-13-8-6-7-9-15(13)30-20/h4-7,12,14,17-19,30-31H,3,8-10H2,1-2H3,(H2,25,26,27,29);5-8,12,14,17-18,27H,9-10H2,1-4H3,(H,23,24,26);5-8,10,12,14,17-18H,9H2,1-4H3,(H,23,24,26);6-9,11,14,17-18H,10H2,1-5H3,(H,23,24,26)/t12-,14+,17+,18-;2*12-,14-,17-,18+;11-,14+,17+,18-/m0110/s1. The summed E-state index contributed by atoms with van der Waals surface area (Å²) in [5.41, 5.74) is 10.5. The van der Waals surface area contributed by atoms with Crippen LogP contribution in [-0.4, -0.2) is 223 Å². The lowest BCUT2D eigenvalue weighted by atomic mass is 10.1. The van der Waals surface area contributed by atoms with Crippen LogP contribution in [0, 0.1) is 51.4 Å². The summed E-state index contributed by atoms with van der Waals surface area (Å²) in [5, 5.41) is 53.1. The van der Waals surface area contributed by atoms with Crippen molar-refractivity contribution >= 4 is 157 Å². The number of rotatable bonds is 23. The maximum Gasteiger partial charge on any atom is 0.244 e. The van der Waals surface area contributed by atoms with Crippen molar-refractivity contribution in [2.45, 2.75) is 221 Å². The first-order valence-corrected chi connectivity index (χ1v) is 48.7. The first kappa shape index (κ1) is 90.3. The van der Waals surface area contributed by atoms with Gasteiger partial charge in [0.1, 0.15) is 74.0 Å². The largest absolute Gasteiger partial charge is 0.396 e. The van der Waals surface area contributed by atoms with Gasteiger partial charge in [0, 0.05) is 31.6 Å². The van der Waals surface area contributed by atoms with Gasteiger partial charge in [0.05, 0.1) is 147 Å². The van der Waals surface area contributed by atoms with E-state index >= 15 is 0 Å². The lowest BCUT2D eigenvalue weighted by Gasteiger charge is -2.24. The Kier molecular flexibility index (Phi) is 27.4. The number of aldehydes is 1. The molecule has 4 aliphatic carbocycles. The molecule has 37 heteroatoms. The van der Waals surface area contributed by atoms with Crippen LogP contribution in [0.3, 0.4) is 0 Å². The molecule has 4 saturated carbocycles. The van der Waals surface area contributed by atoms with Crippen LogP contribution < -0.4 is 26.6 Å². The molecule has 0 amide bonds. The number of thiazole rings is 4. The molecule has 11 heterocycles. The van der Waals surface area contributed by atoms with Crippen molar-refractivity contribution in [1.29, 1.82) is 0 Å². The Morgan fingerprint density at radius 1 is 0.472 bits per heavy atom. The number of thioether (sulfide) groups is 3. The molecule has 16 atom stereocenters. The predicted octanol–water partition coefficient (Wildman–Crippen LogP) is 16.8. The van der Waals surface area contributed by atoms with Crippen LogP contribution in [0.5, 0.6) is 0 Å². The molecule has 7 aliphatic rings. The van der Waals surface area contributed by atoms with Gasteiger partial charge >= 0.3 is 0 Å². The molecule has 0 radical (unpaired) electrons. The van der Waals surface area contributed by atoms with Crippen molar-refractivity contribution in [2.24, 2.45) is 23.7 Å². The number of aromatic nitrogens is 12. The van der Waals surface area contributed by atoms with Gasteiger partial charge in [-0.3, -0.25) is 0 Å². The zero-order valence-electron chi connectivity index (χ0n) is 71.9. The number of nitrogens with zero attached hydrogens (tertiary/aromatic N) is 12. The van der Waals surface area contributed by atoms with Gasteiger partial charge in [-0.2, -0.15) is 4.98 Å². The number of aliphatic hydroxyl groups excluding tert-OH is 3. The third-order valence-corrected chi connectivity index (χ3v) is 29.1. The minimum absolute atomic E-state index is 0.00576. The van der Waals surface area contributed by atoms with E-state index in [-0.39, 0.29) is 79.6 Å². The zero-order valence-corrected chi connectivity index (χ0v) is 77.6. The van der Waals surface area contributed by atoms with Gasteiger partial charge in [0.15, 0.2) is 32.8 Å². The average Bonchev–Trinajstić information content (AvgIpc) is 1.62. The summed E-state index contributed by atoms with van der Waals surface area (Å²) < 4.78 is 73.3. The molecule has 8 aromatic heterocycles. The smallest absolute Gasteiger partial charge is 0.244 e. The molecule has 4 aromatic carbocycles. The number of anilines is 5. The number of aliphatic hydroxyl groups is 3. The molecule has 28 nitrogen and oxygen atoms in total. The summed E-state index contributed by atoms with van der Waals surface area (Å²) in [6, 6.07) is 31.3. The van der Waals surface area contributed by atoms with Crippen molar-refractivity contribution in [3.63, 3.8) is 0 Å². The van der Waals surface area contributed by atoms with Crippen molar-refractivity contribution in [3.05, 3.63) is 120 Å².